The van der Waals surface area contributed by atoms with Gasteiger partial charge in [0.15, 0.2) is 0 Å². The Morgan fingerprint density at radius 3 is 2.64 bits per heavy atom. The van der Waals surface area contributed by atoms with Gasteiger partial charge in [-0.25, -0.2) is 4.98 Å². The highest BCUT2D eigenvalue weighted by Gasteiger charge is 2.18. The van der Waals surface area contributed by atoms with Crippen molar-refractivity contribution in [3.05, 3.63) is 63.1 Å². The van der Waals surface area contributed by atoms with Crippen LogP contribution in [0.4, 0.5) is 0 Å². The summed E-state index contributed by atoms with van der Waals surface area (Å²) in [5.41, 5.74) is 8.16. The Morgan fingerprint density at radius 2 is 1.96 bits per heavy atom. The van der Waals surface area contributed by atoms with Gasteiger partial charge in [-0.1, -0.05) is 35.9 Å². The quantitative estimate of drug-likeness (QED) is 0.512. The van der Waals surface area contributed by atoms with E-state index in [1.54, 1.807) is 15.9 Å². The number of carbonyl (C=O) groups excluding carboxylic acids is 1. The molecule has 0 aliphatic rings. The number of hydrogen-bond donors (Lipinski definition) is 1. The maximum Gasteiger partial charge on any atom is 0.263 e. The molecule has 0 fully saturated rings. The molecule has 0 saturated heterocycles. The number of aryl methyl sites for hydroxylation is 1. The molecule has 0 atom stereocenters. The lowest BCUT2D eigenvalue weighted by Crippen LogP contribution is -2.24. The molecule has 0 radical (unpaired) electrons. The van der Waals surface area contributed by atoms with E-state index in [-0.39, 0.29) is 17.9 Å². The largest absolute Gasteiger partial charge is 0.370 e. The third-order valence-corrected chi connectivity index (χ3v) is 6.37. The van der Waals surface area contributed by atoms with Crippen LogP contribution in [0.1, 0.15) is 18.4 Å². The molecule has 2 N–H and O–H groups in total. The summed E-state index contributed by atoms with van der Waals surface area (Å²) in [6.45, 7) is 2.42. The van der Waals surface area contributed by atoms with Crippen LogP contribution >= 0.6 is 22.7 Å². The van der Waals surface area contributed by atoms with Crippen molar-refractivity contribution >= 4 is 38.8 Å². The Labute approximate surface area is 170 Å². The van der Waals surface area contributed by atoms with Crippen LogP contribution in [0.2, 0.25) is 0 Å². The summed E-state index contributed by atoms with van der Waals surface area (Å²) in [4.78, 5) is 31.2. The van der Waals surface area contributed by atoms with Crippen molar-refractivity contribution in [3.63, 3.8) is 0 Å². The first-order valence-corrected chi connectivity index (χ1v) is 10.7. The van der Waals surface area contributed by atoms with Crippen LogP contribution in [0.5, 0.6) is 0 Å². The van der Waals surface area contributed by atoms with E-state index in [2.05, 4.69) is 0 Å². The molecule has 0 spiro atoms. The number of primary amides is 1. The molecule has 4 rings (SSSR count). The van der Waals surface area contributed by atoms with E-state index in [4.69, 9.17) is 10.7 Å². The predicted molar refractivity (Wildman–Crippen MR) is 116 cm³/mol. The highest BCUT2D eigenvalue weighted by atomic mass is 32.1. The minimum Gasteiger partial charge on any atom is -0.370 e. The van der Waals surface area contributed by atoms with E-state index in [0.717, 1.165) is 26.4 Å². The number of carbonyl (C=O) groups is 1. The summed E-state index contributed by atoms with van der Waals surface area (Å²) in [7, 11) is 0. The second kappa shape index (κ2) is 7.69. The molecule has 0 bridgehead atoms. The average Bonchev–Trinajstić information content (AvgIpc) is 3.33. The average molecular weight is 410 g/mol. The van der Waals surface area contributed by atoms with Gasteiger partial charge >= 0.3 is 0 Å². The zero-order valence-electron chi connectivity index (χ0n) is 15.3. The number of rotatable bonds is 6. The van der Waals surface area contributed by atoms with Crippen LogP contribution in [-0.4, -0.2) is 15.5 Å². The summed E-state index contributed by atoms with van der Waals surface area (Å²) in [6.07, 6.45) is 0.735. The van der Waals surface area contributed by atoms with Crippen LogP contribution in [0.3, 0.4) is 0 Å². The van der Waals surface area contributed by atoms with Crippen molar-refractivity contribution in [2.45, 2.75) is 26.3 Å². The van der Waals surface area contributed by atoms with Gasteiger partial charge in [0.2, 0.25) is 5.91 Å². The fourth-order valence-electron chi connectivity index (χ4n) is 3.18. The van der Waals surface area contributed by atoms with Crippen LogP contribution in [-0.2, 0) is 11.3 Å². The third-order valence-electron chi connectivity index (χ3n) is 4.60. The van der Waals surface area contributed by atoms with Crippen molar-refractivity contribution in [2.24, 2.45) is 5.73 Å². The molecule has 1 amide bonds. The van der Waals surface area contributed by atoms with E-state index >= 15 is 0 Å². The van der Waals surface area contributed by atoms with E-state index < -0.39 is 0 Å². The summed E-state index contributed by atoms with van der Waals surface area (Å²) in [5, 5.41) is 4.64. The molecule has 142 valence electrons. The highest BCUT2D eigenvalue weighted by molar-refractivity contribution is 7.18. The van der Waals surface area contributed by atoms with Crippen LogP contribution in [0.15, 0.2) is 52.0 Å². The lowest BCUT2D eigenvalue weighted by Gasteiger charge is -2.13. The lowest BCUT2D eigenvalue weighted by molar-refractivity contribution is -0.118. The van der Waals surface area contributed by atoms with E-state index in [9.17, 15) is 9.59 Å². The molecule has 5 nitrogen and oxygen atoms in total. The predicted octanol–water partition coefficient (Wildman–Crippen LogP) is 4.43. The number of hydrogen-bond acceptors (Lipinski definition) is 5. The van der Waals surface area contributed by atoms with Crippen molar-refractivity contribution in [1.29, 1.82) is 0 Å². The Balaban J connectivity index is 1.91. The molecule has 4 aromatic rings. The van der Waals surface area contributed by atoms with Gasteiger partial charge in [-0.2, -0.15) is 0 Å². The molecule has 28 heavy (non-hydrogen) atoms. The molecular formula is C21H19N3O2S2. The molecule has 3 heterocycles. The van der Waals surface area contributed by atoms with Gasteiger partial charge in [0, 0.05) is 34.3 Å². The number of benzene rings is 1. The number of nitrogens with two attached hydrogens (primary N) is 1. The first-order valence-electron chi connectivity index (χ1n) is 8.96. The van der Waals surface area contributed by atoms with Crippen LogP contribution < -0.4 is 11.3 Å². The normalized spacial score (nSPS) is 11.2. The monoisotopic (exact) mass is 409 g/mol. The molecule has 0 aliphatic heterocycles. The maximum atomic E-state index is 13.5. The van der Waals surface area contributed by atoms with E-state index in [0.29, 0.717) is 24.2 Å². The zero-order valence-corrected chi connectivity index (χ0v) is 17.0. The van der Waals surface area contributed by atoms with E-state index in [1.165, 1.54) is 11.3 Å². The van der Waals surface area contributed by atoms with Gasteiger partial charge in [-0.15, -0.1) is 22.7 Å². The summed E-state index contributed by atoms with van der Waals surface area (Å²) < 4.78 is 1.68. The molecule has 3 aromatic heterocycles. The molecule has 0 saturated carbocycles. The van der Waals surface area contributed by atoms with Crippen molar-refractivity contribution in [2.75, 3.05) is 0 Å². The minimum absolute atomic E-state index is 0.0744. The Hall–Kier alpha value is -2.77. The van der Waals surface area contributed by atoms with Crippen molar-refractivity contribution in [3.8, 4) is 21.8 Å². The summed E-state index contributed by atoms with van der Waals surface area (Å²) >= 11 is 3.09. The second-order valence-electron chi connectivity index (χ2n) is 6.63. The zero-order chi connectivity index (χ0) is 19.7. The molecule has 1 aromatic carbocycles. The van der Waals surface area contributed by atoms with Gasteiger partial charge in [0.25, 0.3) is 5.56 Å². The SMILES string of the molecule is Cc1ccc(-c2nc3scc(-c4cccs4)c3c(=O)n2CCCC(N)=O)cc1. The molecule has 0 unspecified atom stereocenters. The second-order valence-corrected chi connectivity index (χ2v) is 8.44. The van der Waals surface area contributed by atoms with Crippen LogP contribution in [0, 0.1) is 6.92 Å². The molecular weight excluding hydrogens is 390 g/mol. The molecule has 7 heteroatoms. The number of nitrogens with zero attached hydrogens (tertiary/aromatic N) is 2. The van der Waals surface area contributed by atoms with Gasteiger partial charge in [-0.05, 0) is 24.8 Å². The smallest absolute Gasteiger partial charge is 0.263 e. The number of aromatic nitrogens is 2. The van der Waals surface area contributed by atoms with Crippen molar-refractivity contribution < 1.29 is 4.79 Å². The number of amides is 1. The fraction of sp³-hybridized carbons (Fsp3) is 0.190. The number of fused-ring (bicyclic) bond motifs is 1. The standard InChI is InChI=1S/C21H19N3O2S2/c1-13-6-8-14(9-7-13)19-23-20-18(15(12-28-20)16-4-3-11-27-16)21(26)24(19)10-2-5-17(22)25/h3-4,6-9,11-12H,2,5,10H2,1H3,(H2,22,25). The molecule has 0 aliphatic carbocycles. The van der Waals surface area contributed by atoms with Crippen LogP contribution in [0.25, 0.3) is 32.0 Å². The first-order chi connectivity index (χ1) is 13.5. The Morgan fingerprint density at radius 1 is 1.18 bits per heavy atom. The number of thiophene rings is 2. The highest BCUT2D eigenvalue weighted by Crippen LogP contribution is 2.34. The minimum atomic E-state index is -0.367. The summed E-state index contributed by atoms with van der Waals surface area (Å²) in [6, 6.07) is 11.9. The van der Waals surface area contributed by atoms with Gasteiger partial charge in [0.05, 0.1) is 5.39 Å². The third kappa shape index (κ3) is 3.50. The lowest BCUT2D eigenvalue weighted by atomic mass is 10.1. The Kier molecular flexibility index (Phi) is 5.11. The maximum absolute atomic E-state index is 13.5. The topological polar surface area (TPSA) is 78.0 Å². The Bertz CT molecular complexity index is 1190. The van der Waals surface area contributed by atoms with E-state index in [1.807, 2.05) is 54.1 Å². The van der Waals surface area contributed by atoms with Crippen molar-refractivity contribution in [1.82, 2.24) is 9.55 Å². The van der Waals surface area contributed by atoms with Gasteiger partial charge in [-0.3, -0.25) is 14.2 Å². The van der Waals surface area contributed by atoms with Gasteiger partial charge < -0.3 is 5.73 Å². The fourth-order valence-corrected chi connectivity index (χ4v) is 4.93. The van der Waals surface area contributed by atoms with Gasteiger partial charge in [0.1, 0.15) is 10.7 Å². The summed E-state index contributed by atoms with van der Waals surface area (Å²) in [5.74, 6) is 0.260. The first kappa shape index (κ1) is 18.6.